The van der Waals surface area contributed by atoms with Gasteiger partial charge in [-0.05, 0) is 86.1 Å². The molecule has 3 rings (SSSR count). The second-order valence-corrected chi connectivity index (χ2v) is 11.5. The highest BCUT2D eigenvalue weighted by molar-refractivity contribution is 6.14. The predicted octanol–water partition coefficient (Wildman–Crippen LogP) is 7.31. The molecule has 0 aromatic heterocycles. The van der Waals surface area contributed by atoms with Crippen molar-refractivity contribution < 1.29 is 23.7 Å². The molecule has 1 aliphatic heterocycles. The molecule has 2 aromatic rings. The van der Waals surface area contributed by atoms with Gasteiger partial charge in [0.15, 0.2) is 28.8 Å². The van der Waals surface area contributed by atoms with E-state index in [0.717, 1.165) is 46.6 Å². The molecule has 0 radical (unpaired) electrons. The van der Waals surface area contributed by atoms with Crippen molar-refractivity contribution in [3.05, 3.63) is 58.7 Å². The molecule has 40 heavy (non-hydrogen) atoms. The van der Waals surface area contributed by atoms with E-state index >= 15 is 0 Å². The third-order valence-corrected chi connectivity index (χ3v) is 7.02. The maximum Gasteiger partial charge on any atom is 0.187 e. The molecule has 0 atom stereocenters. The first-order valence-electron chi connectivity index (χ1n) is 14.4. The molecule has 0 bridgehead atoms. The van der Waals surface area contributed by atoms with Crippen LogP contribution in [0, 0.1) is 11.8 Å². The number of nitrogens with zero attached hydrogens (tertiary/aromatic N) is 1. The number of ketones is 1. The van der Waals surface area contributed by atoms with E-state index in [-0.39, 0.29) is 11.8 Å². The number of Topliss-reactive ketones (excluding diaryl/α,β-unsaturated/α-hetero) is 1. The summed E-state index contributed by atoms with van der Waals surface area (Å²) < 4.78 is 23.1. The second kappa shape index (κ2) is 14.9. The van der Waals surface area contributed by atoms with Crippen molar-refractivity contribution in [2.24, 2.45) is 11.8 Å². The number of methoxy groups -OCH3 is 2. The number of hydrogen-bond acceptors (Lipinski definition) is 6. The van der Waals surface area contributed by atoms with Gasteiger partial charge in [-0.3, -0.25) is 9.69 Å². The van der Waals surface area contributed by atoms with Gasteiger partial charge in [-0.2, -0.15) is 0 Å². The normalized spacial score (nSPS) is 16.4. The molecule has 6 nitrogen and oxygen atoms in total. The summed E-state index contributed by atoms with van der Waals surface area (Å²) in [5.74, 6) is 3.97. The highest BCUT2D eigenvalue weighted by Gasteiger charge is 2.27. The fraction of sp³-hybridized carbons (Fsp3) is 0.500. The molecule has 0 saturated carbocycles. The van der Waals surface area contributed by atoms with E-state index in [1.54, 1.807) is 14.2 Å². The average molecular weight is 550 g/mol. The van der Waals surface area contributed by atoms with Crippen LogP contribution in [0.3, 0.4) is 0 Å². The van der Waals surface area contributed by atoms with Gasteiger partial charge in [0, 0.05) is 30.3 Å². The number of carbonyl (C=O) groups is 1. The van der Waals surface area contributed by atoms with Crippen molar-refractivity contribution >= 4 is 17.9 Å². The molecule has 1 fully saturated rings. The van der Waals surface area contributed by atoms with E-state index in [0.29, 0.717) is 49.6 Å². The monoisotopic (exact) mass is 549 g/mol. The Morgan fingerprint density at radius 3 is 1.48 bits per heavy atom. The van der Waals surface area contributed by atoms with E-state index in [1.165, 1.54) is 0 Å². The Hall–Kier alpha value is -3.25. The highest BCUT2D eigenvalue weighted by Crippen LogP contribution is 2.32. The van der Waals surface area contributed by atoms with Gasteiger partial charge in [0.05, 0.1) is 27.4 Å². The Morgan fingerprint density at radius 2 is 1.12 bits per heavy atom. The largest absolute Gasteiger partial charge is 0.493 e. The van der Waals surface area contributed by atoms with Crippen LogP contribution < -0.4 is 18.9 Å². The summed E-state index contributed by atoms with van der Waals surface area (Å²) in [5.41, 5.74) is 3.32. The lowest BCUT2D eigenvalue weighted by Crippen LogP contribution is -2.41. The molecule has 0 spiro atoms. The van der Waals surface area contributed by atoms with Crippen molar-refractivity contribution in [1.82, 2.24) is 4.90 Å². The van der Waals surface area contributed by atoms with Crippen molar-refractivity contribution in [3.8, 4) is 23.0 Å². The first-order chi connectivity index (χ1) is 19.1. The zero-order chi connectivity index (χ0) is 29.2. The topological polar surface area (TPSA) is 57.2 Å². The minimum Gasteiger partial charge on any atom is -0.493 e. The average Bonchev–Trinajstić information content (AvgIpc) is 2.91. The smallest absolute Gasteiger partial charge is 0.187 e. The molecule has 0 aliphatic carbocycles. The third-order valence-electron chi connectivity index (χ3n) is 7.02. The summed E-state index contributed by atoms with van der Waals surface area (Å²) in [4.78, 5) is 16.0. The Balaban J connectivity index is 1.87. The Labute approximate surface area is 241 Å². The van der Waals surface area contributed by atoms with Crippen LogP contribution >= 0.6 is 0 Å². The van der Waals surface area contributed by atoms with Gasteiger partial charge in [-0.15, -0.1) is 0 Å². The van der Waals surface area contributed by atoms with Gasteiger partial charge in [-0.25, -0.2) is 0 Å². The number of carbonyl (C=O) groups excluding carboxylic acids is 1. The van der Waals surface area contributed by atoms with Gasteiger partial charge in [0.1, 0.15) is 0 Å². The molecule has 0 unspecified atom stereocenters. The minimum absolute atomic E-state index is 0.0596. The maximum atomic E-state index is 13.7. The van der Waals surface area contributed by atoms with Crippen molar-refractivity contribution in [1.29, 1.82) is 0 Å². The van der Waals surface area contributed by atoms with Crippen LogP contribution in [0.2, 0.25) is 0 Å². The van der Waals surface area contributed by atoms with Crippen LogP contribution in [-0.2, 0) is 4.79 Å². The lowest BCUT2D eigenvalue weighted by atomic mass is 9.93. The van der Waals surface area contributed by atoms with Crippen molar-refractivity contribution in [2.75, 3.05) is 40.5 Å². The van der Waals surface area contributed by atoms with Crippen LogP contribution in [0.4, 0.5) is 0 Å². The van der Waals surface area contributed by atoms with Crippen LogP contribution in [0.15, 0.2) is 47.5 Å². The molecule has 218 valence electrons. The molecular weight excluding hydrogens is 502 g/mol. The molecular formula is C34H47NO5. The van der Waals surface area contributed by atoms with Crippen LogP contribution in [0.1, 0.15) is 65.5 Å². The van der Waals surface area contributed by atoms with Crippen LogP contribution in [-0.4, -0.2) is 57.2 Å². The lowest BCUT2D eigenvalue weighted by molar-refractivity contribution is -0.113. The van der Waals surface area contributed by atoms with Crippen LogP contribution in [0.5, 0.6) is 23.0 Å². The number of ether oxygens (including phenoxy) is 4. The van der Waals surface area contributed by atoms with Gasteiger partial charge in [0.25, 0.3) is 0 Å². The number of piperidine rings is 1. The van der Waals surface area contributed by atoms with Gasteiger partial charge < -0.3 is 18.9 Å². The number of rotatable bonds is 13. The zero-order valence-electron chi connectivity index (χ0n) is 25.6. The first kappa shape index (κ1) is 31.3. The quantitative estimate of drug-likeness (QED) is 0.244. The summed E-state index contributed by atoms with van der Waals surface area (Å²) in [7, 11) is 3.28. The number of benzene rings is 2. The standard InChI is InChI=1S/C34H47NO5/c1-23(2)13-15-39-30-11-9-26(19-32(30)37-7)17-28-21-35(25(5)6)22-29(34(28)36)18-27-10-12-31(33(20-27)38-8)40-16-14-24(3)4/h9-12,17-20,23-25H,13-16,21-22H2,1-8H3/b28-17-,29-18+. The Morgan fingerprint density at radius 1 is 0.700 bits per heavy atom. The Kier molecular flexibility index (Phi) is 11.7. The van der Waals surface area contributed by atoms with E-state index in [1.807, 2.05) is 48.6 Å². The van der Waals surface area contributed by atoms with Crippen molar-refractivity contribution in [2.45, 2.75) is 60.4 Å². The SMILES string of the molecule is COc1cc(/C=C2/CN(C(C)C)C/C(=C\c3ccc(OCCC(C)C)c(OC)c3)C2=O)ccc1OCCC(C)C. The highest BCUT2D eigenvalue weighted by atomic mass is 16.5. The molecule has 1 saturated heterocycles. The summed E-state index contributed by atoms with van der Waals surface area (Å²) in [6.07, 6.45) is 5.89. The van der Waals surface area contributed by atoms with E-state index in [4.69, 9.17) is 18.9 Å². The number of hydrogen-bond donors (Lipinski definition) is 0. The van der Waals surface area contributed by atoms with E-state index in [9.17, 15) is 4.79 Å². The summed E-state index contributed by atoms with van der Waals surface area (Å²) in [6.45, 7) is 15.5. The second-order valence-electron chi connectivity index (χ2n) is 11.5. The number of likely N-dealkylation sites (tertiary alicyclic amines) is 1. The zero-order valence-corrected chi connectivity index (χ0v) is 25.6. The molecule has 2 aromatic carbocycles. The minimum atomic E-state index is 0.0596. The fourth-order valence-electron chi connectivity index (χ4n) is 4.43. The summed E-state index contributed by atoms with van der Waals surface area (Å²) in [6, 6.07) is 12.0. The van der Waals surface area contributed by atoms with Crippen molar-refractivity contribution in [3.63, 3.8) is 0 Å². The lowest BCUT2D eigenvalue weighted by Gasteiger charge is -2.32. The Bertz CT molecular complexity index is 1110. The molecule has 1 heterocycles. The van der Waals surface area contributed by atoms with Gasteiger partial charge in [0.2, 0.25) is 0 Å². The maximum absolute atomic E-state index is 13.7. The molecule has 6 heteroatoms. The predicted molar refractivity (Wildman–Crippen MR) is 164 cm³/mol. The van der Waals surface area contributed by atoms with Gasteiger partial charge in [-0.1, -0.05) is 39.8 Å². The van der Waals surface area contributed by atoms with E-state index in [2.05, 4.69) is 46.4 Å². The van der Waals surface area contributed by atoms with E-state index < -0.39 is 0 Å². The molecule has 0 amide bonds. The fourth-order valence-corrected chi connectivity index (χ4v) is 4.43. The van der Waals surface area contributed by atoms with Crippen LogP contribution in [0.25, 0.3) is 12.2 Å². The van der Waals surface area contributed by atoms with Gasteiger partial charge >= 0.3 is 0 Å². The molecule has 0 N–H and O–H groups in total. The molecule has 1 aliphatic rings. The first-order valence-corrected chi connectivity index (χ1v) is 14.4. The summed E-state index contributed by atoms with van der Waals surface area (Å²) >= 11 is 0. The summed E-state index contributed by atoms with van der Waals surface area (Å²) in [5, 5.41) is 0. The third kappa shape index (κ3) is 8.88.